The summed E-state index contributed by atoms with van der Waals surface area (Å²) >= 11 is 2.07. The third-order valence-corrected chi connectivity index (χ3v) is 6.40. The fourth-order valence-corrected chi connectivity index (χ4v) is 5.22. The molecule has 0 aromatic rings. The Bertz CT molecular complexity index is 311. The van der Waals surface area contributed by atoms with Gasteiger partial charge in [-0.05, 0) is 45.1 Å². The van der Waals surface area contributed by atoms with Crippen molar-refractivity contribution in [1.29, 1.82) is 0 Å². The molecule has 2 heterocycles. The minimum Gasteiger partial charge on any atom is -0.375 e. The highest BCUT2D eigenvalue weighted by Gasteiger charge is 2.46. The second-order valence-electron chi connectivity index (χ2n) is 6.45. The molecule has 0 amide bonds. The number of likely N-dealkylation sites (N-methyl/N-ethyl adjacent to an activating group) is 1. The van der Waals surface area contributed by atoms with Crippen LogP contribution in [-0.2, 0) is 4.74 Å². The Morgan fingerprint density at radius 1 is 1.47 bits per heavy atom. The summed E-state index contributed by atoms with van der Waals surface area (Å²) in [5.41, 5.74) is 3.37. The average molecular weight is 285 g/mol. The van der Waals surface area contributed by atoms with Gasteiger partial charge in [0, 0.05) is 36.7 Å². The van der Waals surface area contributed by atoms with Crippen LogP contribution in [-0.4, -0.2) is 54.3 Å². The van der Waals surface area contributed by atoms with E-state index in [-0.39, 0.29) is 5.60 Å². The first-order valence-corrected chi connectivity index (χ1v) is 8.78. The Hall–Kier alpha value is 0.190. The Labute approximate surface area is 120 Å². The standard InChI is InChI=1S/C14H27N3OS/c1-17-6-8-19-10-12(17)13(16-15)11-3-7-18-14(9-11)4-2-5-14/h11-13,16H,2-10,15H2,1H3. The van der Waals surface area contributed by atoms with Crippen molar-refractivity contribution in [3.8, 4) is 0 Å². The van der Waals surface area contributed by atoms with Crippen molar-refractivity contribution in [2.75, 3.05) is 31.7 Å². The van der Waals surface area contributed by atoms with E-state index >= 15 is 0 Å². The van der Waals surface area contributed by atoms with E-state index in [1.165, 1.54) is 43.7 Å². The van der Waals surface area contributed by atoms with Crippen LogP contribution in [0.2, 0.25) is 0 Å². The van der Waals surface area contributed by atoms with Crippen molar-refractivity contribution in [2.24, 2.45) is 11.8 Å². The Kier molecular flexibility index (Phi) is 4.39. The highest BCUT2D eigenvalue weighted by atomic mass is 32.2. The lowest BCUT2D eigenvalue weighted by Crippen LogP contribution is -2.60. The maximum absolute atomic E-state index is 6.05. The Balaban J connectivity index is 1.67. The van der Waals surface area contributed by atoms with Gasteiger partial charge >= 0.3 is 0 Å². The highest BCUT2D eigenvalue weighted by Crippen LogP contribution is 2.45. The molecule has 110 valence electrons. The van der Waals surface area contributed by atoms with Gasteiger partial charge in [-0.2, -0.15) is 11.8 Å². The van der Waals surface area contributed by atoms with Gasteiger partial charge in [0.25, 0.3) is 0 Å². The smallest absolute Gasteiger partial charge is 0.0685 e. The molecule has 3 unspecified atom stereocenters. The van der Waals surface area contributed by atoms with E-state index in [9.17, 15) is 0 Å². The van der Waals surface area contributed by atoms with Gasteiger partial charge in [0.05, 0.1) is 5.60 Å². The highest BCUT2D eigenvalue weighted by molar-refractivity contribution is 7.99. The predicted octanol–water partition coefficient (Wildman–Crippen LogP) is 1.21. The van der Waals surface area contributed by atoms with E-state index in [0.717, 1.165) is 13.0 Å². The zero-order chi connectivity index (χ0) is 13.3. The molecule has 2 saturated heterocycles. The first kappa shape index (κ1) is 14.1. The number of hydrazine groups is 1. The molecule has 4 nitrogen and oxygen atoms in total. The number of nitrogens with two attached hydrogens (primary N) is 1. The molecule has 1 spiro atoms. The van der Waals surface area contributed by atoms with Crippen LogP contribution in [0.4, 0.5) is 0 Å². The third-order valence-electron chi connectivity index (χ3n) is 5.35. The van der Waals surface area contributed by atoms with Crippen molar-refractivity contribution < 1.29 is 4.74 Å². The number of thioether (sulfide) groups is 1. The average Bonchev–Trinajstić information content (AvgIpc) is 2.40. The molecule has 3 fully saturated rings. The monoisotopic (exact) mass is 285 g/mol. The fraction of sp³-hybridized carbons (Fsp3) is 1.00. The second-order valence-corrected chi connectivity index (χ2v) is 7.60. The van der Waals surface area contributed by atoms with Crippen LogP contribution in [0.25, 0.3) is 0 Å². The molecule has 0 aromatic carbocycles. The van der Waals surface area contributed by atoms with Crippen molar-refractivity contribution in [1.82, 2.24) is 10.3 Å². The summed E-state index contributed by atoms with van der Waals surface area (Å²) in [6, 6.07) is 0.989. The van der Waals surface area contributed by atoms with Crippen LogP contribution in [0.1, 0.15) is 32.1 Å². The molecule has 1 aliphatic carbocycles. The van der Waals surface area contributed by atoms with E-state index in [4.69, 9.17) is 10.6 Å². The van der Waals surface area contributed by atoms with Crippen LogP contribution in [0, 0.1) is 5.92 Å². The first-order valence-electron chi connectivity index (χ1n) is 7.62. The number of nitrogens with one attached hydrogen (secondary N) is 1. The molecule has 3 N–H and O–H groups in total. The third kappa shape index (κ3) is 2.81. The van der Waals surface area contributed by atoms with Gasteiger partial charge < -0.3 is 9.64 Å². The van der Waals surface area contributed by atoms with Crippen LogP contribution >= 0.6 is 11.8 Å². The SMILES string of the molecule is CN1CCSCC1C(NN)C1CCOC2(CCC2)C1. The molecule has 0 bridgehead atoms. The molecular formula is C14H27N3OS. The lowest BCUT2D eigenvalue weighted by atomic mass is 9.69. The number of rotatable bonds is 3. The zero-order valence-electron chi connectivity index (χ0n) is 11.9. The van der Waals surface area contributed by atoms with Crippen LogP contribution < -0.4 is 11.3 Å². The molecule has 0 aromatic heterocycles. The van der Waals surface area contributed by atoms with Crippen LogP contribution in [0.5, 0.6) is 0 Å². The molecule has 19 heavy (non-hydrogen) atoms. The van der Waals surface area contributed by atoms with Gasteiger partial charge in [-0.1, -0.05) is 0 Å². The van der Waals surface area contributed by atoms with E-state index in [1.54, 1.807) is 0 Å². The summed E-state index contributed by atoms with van der Waals surface area (Å²) < 4.78 is 6.05. The second kappa shape index (κ2) is 5.90. The number of hydrogen-bond donors (Lipinski definition) is 2. The lowest BCUT2D eigenvalue weighted by molar-refractivity contribution is -0.149. The summed E-state index contributed by atoms with van der Waals surface area (Å²) in [5, 5.41) is 0. The minimum absolute atomic E-state index is 0.221. The summed E-state index contributed by atoms with van der Waals surface area (Å²) in [4.78, 5) is 2.49. The summed E-state index contributed by atoms with van der Waals surface area (Å²) in [6.07, 6.45) is 6.22. The fourth-order valence-electron chi connectivity index (χ4n) is 3.94. The van der Waals surface area contributed by atoms with Gasteiger partial charge in [-0.15, -0.1) is 0 Å². The Morgan fingerprint density at radius 2 is 2.32 bits per heavy atom. The molecular weight excluding hydrogens is 258 g/mol. The molecule has 2 aliphatic heterocycles. The van der Waals surface area contributed by atoms with Gasteiger partial charge in [-0.25, -0.2) is 0 Å². The zero-order valence-corrected chi connectivity index (χ0v) is 12.8. The Morgan fingerprint density at radius 3 is 2.95 bits per heavy atom. The summed E-state index contributed by atoms with van der Waals surface area (Å²) in [7, 11) is 2.24. The molecule has 0 radical (unpaired) electrons. The maximum Gasteiger partial charge on any atom is 0.0685 e. The van der Waals surface area contributed by atoms with Gasteiger partial charge in [0.1, 0.15) is 0 Å². The van der Waals surface area contributed by atoms with Crippen LogP contribution in [0.3, 0.4) is 0 Å². The quantitative estimate of drug-likeness (QED) is 0.603. The van der Waals surface area contributed by atoms with Gasteiger partial charge in [0.2, 0.25) is 0 Å². The predicted molar refractivity (Wildman–Crippen MR) is 80.1 cm³/mol. The molecule has 3 aliphatic rings. The normalized spacial score (nSPS) is 36.9. The largest absolute Gasteiger partial charge is 0.375 e. The molecule has 3 atom stereocenters. The van der Waals surface area contributed by atoms with Crippen molar-refractivity contribution >= 4 is 11.8 Å². The van der Waals surface area contributed by atoms with E-state index in [0.29, 0.717) is 18.0 Å². The van der Waals surface area contributed by atoms with E-state index in [2.05, 4.69) is 29.1 Å². The lowest BCUT2D eigenvalue weighted by Gasteiger charge is -2.50. The van der Waals surface area contributed by atoms with E-state index < -0.39 is 0 Å². The summed E-state index contributed by atoms with van der Waals surface area (Å²) in [5.74, 6) is 9.05. The topological polar surface area (TPSA) is 50.5 Å². The first-order chi connectivity index (χ1) is 9.24. The molecule has 1 saturated carbocycles. The van der Waals surface area contributed by atoms with Gasteiger partial charge in [0.15, 0.2) is 0 Å². The number of ether oxygens (including phenoxy) is 1. The molecule has 5 heteroatoms. The number of nitrogens with zero attached hydrogens (tertiary/aromatic N) is 1. The minimum atomic E-state index is 0.221. The van der Waals surface area contributed by atoms with Gasteiger partial charge in [-0.3, -0.25) is 11.3 Å². The maximum atomic E-state index is 6.05. The van der Waals surface area contributed by atoms with Crippen LogP contribution in [0.15, 0.2) is 0 Å². The summed E-state index contributed by atoms with van der Waals surface area (Å²) in [6.45, 7) is 2.11. The van der Waals surface area contributed by atoms with E-state index in [1.807, 2.05) is 0 Å². The molecule has 3 rings (SSSR count). The number of hydrogen-bond acceptors (Lipinski definition) is 5. The van der Waals surface area contributed by atoms with Crippen molar-refractivity contribution in [3.63, 3.8) is 0 Å². The van der Waals surface area contributed by atoms with Crippen molar-refractivity contribution in [2.45, 2.75) is 49.8 Å². The van der Waals surface area contributed by atoms with Crippen molar-refractivity contribution in [3.05, 3.63) is 0 Å².